The number of carbonyl (C=O) groups is 1. The highest BCUT2D eigenvalue weighted by molar-refractivity contribution is 7.89. The fraction of sp³-hybridized carbons (Fsp3) is 0.222. The van der Waals surface area contributed by atoms with Gasteiger partial charge in [0.1, 0.15) is 0 Å². The first kappa shape index (κ1) is 12.6. The standard InChI is InChI=1S/C9H11NO5S/c1-7-4-2-3-5-8(7)16(13,14)10-15-6-9(11)12/h2-5,10H,6H2,1H3,(H,11,12). The average molecular weight is 245 g/mol. The lowest BCUT2D eigenvalue weighted by Gasteiger charge is -2.07. The quantitative estimate of drug-likeness (QED) is 0.727. The summed E-state index contributed by atoms with van der Waals surface area (Å²) in [6.45, 7) is 0.900. The van der Waals surface area contributed by atoms with E-state index in [1.165, 1.54) is 6.07 Å². The lowest BCUT2D eigenvalue weighted by molar-refractivity contribution is -0.143. The monoisotopic (exact) mass is 245 g/mol. The van der Waals surface area contributed by atoms with Crippen LogP contribution < -0.4 is 4.89 Å². The van der Waals surface area contributed by atoms with Gasteiger partial charge in [0.25, 0.3) is 10.0 Å². The van der Waals surface area contributed by atoms with Crippen LogP contribution in [0, 0.1) is 6.92 Å². The van der Waals surface area contributed by atoms with E-state index in [1.54, 1.807) is 30.0 Å². The van der Waals surface area contributed by atoms with E-state index < -0.39 is 22.6 Å². The molecule has 0 heterocycles. The Morgan fingerprint density at radius 3 is 2.62 bits per heavy atom. The van der Waals surface area contributed by atoms with Crippen molar-refractivity contribution in [3.63, 3.8) is 0 Å². The summed E-state index contributed by atoms with van der Waals surface area (Å²) in [6.07, 6.45) is 0. The molecule has 7 heteroatoms. The van der Waals surface area contributed by atoms with E-state index in [1.807, 2.05) is 0 Å². The van der Waals surface area contributed by atoms with Gasteiger partial charge in [-0.3, -0.25) is 4.84 Å². The van der Waals surface area contributed by atoms with E-state index in [9.17, 15) is 13.2 Å². The third-order valence-corrected chi connectivity index (χ3v) is 3.12. The normalized spacial score (nSPS) is 11.3. The van der Waals surface area contributed by atoms with Crippen molar-refractivity contribution in [1.82, 2.24) is 4.89 Å². The van der Waals surface area contributed by atoms with Gasteiger partial charge in [-0.25, -0.2) is 13.2 Å². The van der Waals surface area contributed by atoms with Gasteiger partial charge in [-0.05, 0) is 18.6 Å². The Hall–Kier alpha value is -1.44. The maximum Gasteiger partial charge on any atom is 0.331 e. The third kappa shape index (κ3) is 3.30. The van der Waals surface area contributed by atoms with Crippen LogP contribution in [0.25, 0.3) is 0 Å². The van der Waals surface area contributed by atoms with E-state index >= 15 is 0 Å². The predicted molar refractivity (Wildman–Crippen MR) is 55.1 cm³/mol. The molecule has 1 aromatic carbocycles. The summed E-state index contributed by atoms with van der Waals surface area (Å²) >= 11 is 0. The van der Waals surface area contributed by atoms with Crippen molar-refractivity contribution in [1.29, 1.82) is 0 Å². The van der Waals surface area contributed by atoms with Crippen LogP contribution in [0.5, 0.6) is 0 Å². The number of sulfonamides is 1. The van der Waals surface area contributed by atoms with Crippen molar-refractivity contribution in [3.8, 4) is 0 Å². The molecule has 0 saturated carbocycles. The molecular weight excluding hydrogens is 234 g/mol. The molecule has 0 unspecified atom stereocenters. The van der Waals surface area contributed by atoms with E-state index in [0.717, 1.165) is 0 Å². The second-order valence-corrected chi connectivity index (χ2v) is 4.65. The Morgan fingerprint density at radius 1 is 1.44 bits per heavy atom. The van der Waals surface area contributed by atoms with Gasteiger partial charge in [0.15, 0.2) is 6.61 Å². The van der Waals surface area contributed by atoms with E-state index in [2.05, 4.69) is 4.84 Å². The number of hydrogen-bond donors (Lipinski definition) is 2. The molecule has 0 atom stereocenters. The van der Waals surface area contributed by atoms with Gasteiger partial charge in [-0.2, -0.15) is 0 Å². The average Bonchev–Trinajstić information content (AvgIpc) is 2.17. The van der Waals surface area contributed by atoms with Gasteiger partial charge in [0.2, 0.25) is 0 Å². The zero-order valence-corrected chi connectivity index (χ0v) is 9.32. The summed E-state index contributed by atoms with van der Waals surface area (Å²) in [5.74, 6) is -1.26. The SMILES string of the molecule is Cc1ccccc1S(=O)(=O)NOCC(=O)O. The first-order valence-electron chi connectivity index (χ1n) is 4.34. The summed E-state index contributed by atoms with van der Waals surface area (Å²) in [4.78, 5) is 16.3. The summed E-state index contributed by atoms with van der Waals surface area (Å²) in [5, 5.41) is 8.28. The Labute approximate surface area is 92.9 Å². The summed E-state index contributed by atoms with van der Waals surface area (Å²) in [5.41, 5.74) is 0.550. The maximum atomic E-state index is 11.6. The summed E-state index contributed by atoms with van der Waals surface area (Å²) in [6, 6.07) is 6.30. The number of hydrogen-bond acceptors (Lipinski definition) is 4. The van der Waals surface area contributed by atoms with Crippen LogP contribution in [0.2, 0.25) is 0 Å². The molecule has 0 aliphatic heterocycles. The second kappa shape index (κ2) is 5.06. The Kier molecular flexibility index (Phi) is 3.99. The van der Waals surface area contributed by atoms with Crippen LogP contribution in [0.1, 0.15) is 5.56 Å². The van der Waals surface area contributed by atoms with Crippen LogP contribution in [-0.2, 0) is 19.7 Å². The molecule has 0 amide bonds. The fourth-order valence-electron chi connectivity index (χ4n) is 1.07. The van der Waals surface area contributed by atoms with Gasteiger partial charge in [0.05, 0.1) is 4.90 Å². The van der Waals surface area contributed by atoms with Crippen molar-refractivity contribution >= 4 is 16.0 Å². The molecule has 0 spiro atoms. The number of rotatable bonds is 5. The molecule has 1 aromatic rings. The molecule has 0 aliphatic carbocycles. The van der Waals surface area contributed by atoms with Crippen LogP contribution in [0.3, 0.4) is 0 Å². The van der Waals surface area contributed by atoms with Crippen LogP contribution >= 0.6 is 0 Å². The first-order chi connectivity index (χ1) is 7.43. The zero-order valence-electron chi connectivity index (χ0n) is 8.50. The number of carboxylic acid groups (broad SMARTS) is 1. The van der Waals surface area contributed by atoms with Crippen LogP contribution in [0.15, 0.2) is 29.2 Å². The minimum Gasteiger partial charge on any atom is -0.479 e. The highest BCUT2D eigenvalue weighted by atomic mass is 32.2. The molecule has 6 nitrogen and oxygen atoms in total. The molecule has 0 bridgehead atoms. The van der Waals surface area contributed by atoms with Crippen LogP contribution in [0.4, 0.5) is 0 Å². The molecule has 0 aromatic heterocycles. The Balaban J connectivity index is 2.79. The first-order valence-corrected chi connectivity index (χ1v) is 5.83. The molecule has 2 N–H and O–H groups in total. The highest BCUT2D eigenvalue weighted by Gasteiger charge is 2.16. The summed E-state index contributed by atoms with van der Waals surface area (Å²) in [7, 11) is -3.82. The number of aryl methyl sites for hydroxylation is 1. The minimum absolute atomic E-state index is 0.0559. The zero-order chi connectivity index (χ0) is 12.2. The molecule has 0 radical (unpaired) electrons. The molecule has 1 rings (SSSR count). The van der Waals surface area contributed by atoms with Crippen molar-refractivity contribution in [2.24, 2.45) is 0 Å². The van der Waals surface area contributed by atoms with E-state index in [4.69, 9.17) is 5.11 Å². The number of aliphatic carboxylic acids is 1. The number of carboxylic acids is 1. The number of benzene rings is 1. The smallest absolute Gasteiger partial charge is 0.331 e. The molecule has 88 valence electrons. The van der Waals surface area contributed by atoms with Gasteiger partial charge in [-0.1, -0.05) is 23.1 Å². The molecule has 0 saturated heterocycles. The van der Waals surface area contributed by atoms with Crippen LogP contribution in [-0.4, -0.2) is 26.1 Å². The summed E-state index contributed by atoms with van der Waals surface area (Å²) < 4.78 is 23.2. The van der Waals surface area contributed by atoms with E-state index in [-0.39, 0.29) is 4.90 Å². The van der Waals surface area contributed by atoms with Gasteiger partial charge < -0.3 is 5.11 Å². The van der Waals surface area contributed by atoms with Crippen molar-refractivity contribution in [2.45, 2.75) is 11.8 Å². The highest BCUT2D eigenvalue weighted by Crippen LogP contribution is 2.13. The van der Waals surface area contributed by atoms with Gasteiger partial charge in [0, 0.05) is 0 Å². The number of nitrogens with one attached hydrogen (secondary N) is 1. The third-order valence-electron chi connectivity index (χ3n) is 1.75. The fourth-order valence-corrected chi connectivity index (χ4v) is 2.13. The molecule has 0 fully saturated rings. The predicted octanol–water partition coefficient (Wildman–Crippen LogP) is 0.290. The molecule has 16 heavy (non-hydrogen) atoms. The molecule has 0 aliphatic rings. The van der Waals surface area contributed by atoms with Crippen molar-refractivity contribution in [3.05, 3.63) is 29.8 Å². The van der Waals surface area contributed by atoms with E-state index in [0.29, 0.717) is 5.56 Å². The lowest BCUT2D eigenvalue weighted by atomic mass is 10.2. The maximum absolute atomic E-state index is 11.6. The topological polar surface area (TPSA) is 92.7 Å². The van der Waals surface area contributed by atoms with Gasteiger partial charge >= 0.3 is 5.97 Å². The lowest BCUT2D eigenvalue weighted by Crippen LogP contribution is -2.27. The second-order valence-electron chi connectivity index (χ2n) is 3.03. The van der Waals surface area contributed by atoms with Crippen molar-refractivity contribution < 1.29 is 23.2 Å². The largest absolute Gasteiger partial charge is 0.479 e. The minimum atomic E-state index is -3.82. The van der Waals surface area contributed by atoms with Crippen molar-refractivity contribution in [2.75, 3.05) is 6.61 Å². The Bertz CT molecular complexity index is 482. The molecular formula is C9H11NO5S. The van der Waals surface area contributed by atoms with Gasteiger partial charge in [-0.15, -0.1) is 0 Å². The Morgan fingerprint density at radius 2 is 2.06 bits per heavy atom.